The van der Waals surface area contributed by atoms with E-state index in [0.717, 1.165) is 0 Å². The molecule has 1 aliphatic rings. The Morgan fingerprint density at radius 3 is 2.55 bits per heavy atom. The summed E-state index contributed by atoms with van der Waals surface area (Å²) in [6, 6.07) is 0. The molecule has 0 radical (unpaired) electrons. The highest BCUT2D eigenvalue weighted by Gasteiger charge is 2.25. The van der Waals surface area contributed by atoms with Crippen molar-refractivity contribution in [3.8, 4) is 0 Å². The fourth-order valence-corrected chi connectivity index (χ4v) is 1.18. The summed E-state index contributed by atoms with van der Waals surface area (Å²) in [6.07, 6.45) is 0.699. The lowest BCUT2D eigenvalue weighted by Crippen LogP contribution is -2.18. The molecule has 0 saturated carbocycles. The van der Waals surface area contributed by atoms with E-state index in [2.05, 4.69) is 0 Å². The zero-order valence-electron chi connectivity index (χ0n) is 5.16. The standard InChI is InChI=1S/C5H3NO4S/c7-3(8)1-2-4(9)6-5(10)11-2/h1H,(H,7,8)(H,6,9,10)/b2-1+. The van der Waals surface area contributed by atoms with E-state index in [1.807, 2.05) is 5.32 Å². The van der Waals surface area contributed by atoms with E-state index in [1.165, 1.54) is 0 Å². The molecule has 1 fully saturated rings. The minimum Gasteiger partial charge on any atom is -0.478 e. The predicted molar refractivity (Wildman–Crippen MR) is 36.8 cm³/mol. The van der Waals surface area contributed by atoms with Gasteiger partial charge in [-0.25, -0.2) is 4.79 Å². The van der Waals surface area contributed by atoms with Gasteiger partial charge in [-0.15, -0.1) is 0 Å². The number of carboxylic acids is 1. The number of carbonyl (C=O) groups excluding carboxylic acids is 2. The maximum absolute atomic E-state index is 10.6. The number of rotatable bonds is 1. The first kappa shape index (κ1) is 7.80. The molecule has 1 aliphatic heterocycles. The Hall–Kier alpha value is -1.30. The van der Waals surface area contributed by atoms with E-state index in [1.54, 1.807) is 0 Å². The van der Waals surface area contributed by atoms with Crippen molar-refractivity contribution >= 4 is 28.9 Å². The third-order valence-electron chi connectivity index (χ3n) is 0.897. The zero-order chi connectivity index (χ0) is 8.43. The van der Waals surface area contributed by atoms with Crippen molar-refractivity contribution in [2.45, 2.75) is 0 Å². The van der Waals surface area contributed by atoms with Gasteiger partial charge >= 0.3 is 5.97 Å². The third kappa shape index (κ3) is 1.81. The quantitative estimate of drug-likeness (QED) is 0.542. The molecule has 0 atom stereocenters. The van der Waals surface area contributed by atoms with Gasteiger partial charge in [0.1, 0.15) is 0 Å². The summed E-state index contributed by atoms with van der Waals surface area (Å²) in [6.45, 7) is 0. The van der Waals surface area contributed by atoms with Crippen LogP contribution in [0.2, 0.25) is 0 Å². The highest BCUT2D eigenvalue weighted by Crippen LogP contribution is 2.22. The zero-order valence-corrected chi connectivity index (χ0v) is 5.97. The second kappa shape index (κ2) is 2.75. The van der Waals surface area contributed by atoms with Crippen LogP contribution in [0.15, 0.2) is 11.0 Å². The van der Waals surface area contributed by atoms with Crippen LogP contribution in [0.3, 0.4) is 0 Å². The second-order valence-corrected chi connectivity index (χ2v) is 2.71. The molecule has 1 heterocycles. The molecular weight excluding hydrogens is 170 g/mol. The number of carbonyl (C=O) groups is 3. The molecule has 0 spiro atoms. The van der Waals surface area contributed by atoms with Crippen molar-refractivity contribution in [1.29, 1.82) is 0 Å². The fraction of sp³-hybridized carbons (Fsp3) is 0. The Kier molecular flexibility index (Phi) is 1.95. The molecule has 6 heteroatoms. The van der Waals surface area contributed by atoms with Gasteiger partial charge in [0.05, 0.1) is 4.91 Å². The number of nitrogens with one attached hydrogen (secondary N) is 1. The first-order valence-electron chi connectivity index (χ1n) is 2.57. The molecule has 0 aromatic heterocycles. The molecule has 0 aromatic carbocycles. The van der Waals surface area contributed by atoms with Gasteiger partial charge in [0.2, 0.25) is 0 Å². The molecule has 0 aromatic rings. The van der Waals surface area contributed by atoms with Crippen LogP contribution in [0.4, 0.5) is 4.79 Å². The minimum absolute atomic E-state index is 0.0810. The van der Waals surface area contributed by atoms with Gasteiger partial charge in [0.25, 0.3) is 11.1 Å². The number of thioether (sulfide) groups is 1. The van der Waals surface area contributed by atoms with Crippen molar-refractivity contribution in [2.24, 2.45) is 0 Å². The summed E-state index contributed by atoms with van der Waals surface area (Å²) in [5.41, 5.74) is 0. The molecule has 0 unspecified atom stereocenters. The lowest BCUT2D eigenvalue weighted by atomic mass is 10.5. The van der Waals surface area contributed by atoms with Crippen molar-refractivity contribution in [2.75, 3.05) is 0 Å². The van der Waals surface area contributed by atoms with Crippen molar-refractivity contribution in [3.63, 3.8) is 0 Å². The molecule has 1 rings (SSSR count). The maximum Gasteiger partial charge on any atom is 0.329 e. The van der Waals surface area contributed by atoms with Gasteiger partial charge in [0.15, 0.2) is 0 Å². The van der Waals surface area contributed by atoms with Gasteiger partial charge in [-0.1, -0.05) is 0 Å². The van der Waals surface area contributed by atoms with Crippen LogP contribution in [-0.2, 0) is 9.59 Å². The van der Waals surface area contributed by atoms with Crippen LogP contribution in [-0.4, -0.2) is 22.2 Å². The number of aliphatic carboxylic acids is 1. The normalized spacial score (nSPS) is 20.5. The van der Waals surface area contributed by atoms with Crippen LogP contribution in [0.1, 0.15) is 0 Å². The lowest BCUT2D eigenvalue weighted by Gasteiger charge is -1.84. The van der Waals surface area contributed by atoms with Crippen LogP contribution in [0, 0.1) is 0 Å². The molecule has 11 heavy (non-hydrogen) atoms. The molecule has 0 bridgehead atoms. The summed E-state index contributed by atoms with van der Waals surface area (Å²) in [5.74, 6) is -1.89. The Balaban J connectivity index is 2.83. The molecule has 0 aliphatic carbocycles. The molecular formula is C5H3NO4S. The SMILES string of the molecule is O=C(O)/C=C1/SC(=O)NC1=O. The summed E-state index contributed by atoms with van der Waals surface area (Å²) < 4.78 is 0. The minimum atomic E-state index is -1.24. The number of carboxylic acid groups (broad SMARTS) is 1. The average molecular weight is 173 g/mol. The molecule has 2 N–H and O–H groups in total. The van der Waals surface area contributed by atoms with Gasteiger partial charge in [-0.2, -0.15) is 0 Å². The Labute approximate surface area is 65.5 Å². The number of amides is 2. The summed E-state index contributed by atoms with van der Waals surface area (Å²) in [5, 5.41) is 9.58. The van der Waals surface area contributed by atoms with E-state index in [9.17, 15) is 14.4 Å². The topological polar surface area (TPSA) is 83.5 Å². The summed E-state index contributed by atoms with van der Waals surface area (Å²) in [4.78, 5) is 31.0. The van der Waals surface area contributed by atoms with E-state index < -0.39 is 17.1 Å². The van der Waals surface area contributed by atoms with Crippen LogP contribution in [0.25, 0.3) is 0 Å². The first-order valence-corrected chi connectivity index (χ1v) is 3.39. The number of hydrogen-bond acceptors (Lipinski definition) is 4. The Morgan fingerprint density at radius 2 is 2.18 bits per heavy atom. The smallest absolute Gasteiger partial charge is 0.329 e. The lowest BCUT2D eigenvalue weighted by molar-refractivity contribution is -0.131. The molecule has 5 nitrogen and oxygen atoms in total. The molecule has 2 amide bonds. The molecule has 1 saturated heterocycles. The largest absolute Gasteiger partial charge is 0.478 e. The molecule has 58 valence electrons. The third-order valence-corrected chi connectivity index (χ3v) is 1.71. The fourth-order valence-electron chi connectivity index (χ4n) is 0.533. The summed E-state index contributed by atoms with van der Waals surface area (Å²) >= 11 is 0.583. The van der Waals surface area contributed by atoms with Gasteiger partial charge in [-0.05, 0) is 11.8 Å². The van der Waals surface area contributed by atoms with Crippen LogP contribution >= 0.6 is 11.8 Å². The van der Waals surface area contributed by atoms with Crippen LogP contribution < -0.4 is 5.32 Å². The number of hydrogen-bond donors (Lipinski definition) is 2. The van der Waals surface area contributed by atoms with E-state index in [-0.39, 0.29) is 4.91 Å². The van der Waals surface area contributed by atoms with Crippen LogP contribution in [0.5, 0.6) is 0 Å². The average Bonchev–Trinajstić information content (AvgIpc) is 2.09. The monoisotopic (exact) mass is 173 g/mol. The van der Waals surface area contributed by atoms with Gasteiger partial charge < -0.3 is 5.11 Å². The van der Waals surface area contributed by atoms with E-state index in [4.69, 9.17) is 5.11 Å². The van der Waals surface area contributed by atoms with E-state index >= 15 is 0 Å². The summed E-state index contributed by atoms with van der Waals surface area (Å²) in [7, 11) is 0. The first-order chi connectivity index (χ1) is 5.09. The Bertz CT molecular complexity index is 270. The predicted octanol–water partition coefficient (Wildman–Crippen LogP) is -0.0621. The van der Waals surface area contributed by atoms with Crippen molar-refractivity contribution < 1.29 is 19.5 Å². The maximum atomic E-state index is 10.6. The highest BCUT2D eigenvalue weighted by atomic mass is 32.2. The van der Waals surface area contributed by atoms with Crippen molar-refractivity contribution in [1.82, 2.24) is 5.32 Å². The highest BCUT2D eigenvalue weighted by molar-refractivity contribution is 8.18. The van der Waals surface area contributed by atoms with Gasteiger partial charge in [-0.3, -0.25) is 14.9 Å². The van der Waals surface area contributed by atoms with Gasteiger partial charge in [0, 0.05) is 6.08 Å². The second-order valence-electron chi connectivity index (χ2n) is 1.69. The number of imide groups is 1. The Morgan fingerprint density at radius 1 is 1.55 bits per heavy atom. The van der Waals surface area contributed by atoms with Crippen molar-refractivity contribution in [3.05, 3.63) is 11.0 Å². The van der Waals surface area contributed by atoms with E-state index in [0.29, 0.717) is 17.8 Å².